The molecule has 1 aromatic rings. The molecule has 1 aromatic heterocycles. The zero-order chi connectivity index (χ0) is 10.6. The second kappa shape index (κ2) is 4.57. The van der Waals surface area contributed by atoms with E-state index in [1.807, 2.05) is 0 Å². The number of hydrogen-bond acceptors (Lipinski definition) is 4. The van der Waals surface area contributed by atoms with Crippen LogP contribution in [0.4, 0.5) is 5.82 Å². The number of anilines is 1. The molecule has 1 rings (SSSR count). The number of pyridine rings is 1. The lowest BCUT2D eigenvalue weighted by Gasteiger charge is -2.11. The predicted octanol–water partition coefficient (Wildman–Crippen LogP) is 0.330. The molecule has 0 atom stereocenters. The lowest BCUT2D eigenvalue weighted by molar-refractivity contribution is 0.0856. The fourth-order valence-corrected chi connectivity index (χ4v) is 0.944. The number of carbonyl (C=O) groups excluding carboxylic acids is 1. The highest BCUT2D eigenvalue weighted by Crippen LogP contribution is 2.03. The van der Waals surface area contributed by atoms with Crippen LogP contribution in [0.2, 0.25) is 0 Å². The van der Waals surface area contributed by atoms with Gasteiger partial charge in [0.05, 0.1) is 5.56 Å². The van der Waals surface area contributed by atoms with Gasteiger partial charge in [-0.3, -0.25) is 10.2 Å². The second-order valence-corrected chi connectivity index (χ2v) is 3.02. The van der Waals surface area contributed by atoms with Gasteiger partial charge in [0, 0.05) is 27.3 Å². The van der Waals surface area contributed by atoms with E-state index < -0.39 is 0 Å². The number of rotatable bonds is 3. The minimum atomic E-state index is -0.162. The molecule has 14 heavy (non-hydrogen) atoms. The van der Waals surface area contributed by atoms with Crippen LogP contribution >= 0.6 is 0 Å². The van der Waals surface area contributed by atoms with Gasteiger partial charge in [0.1, 0.15) is 5.82 Å². The first-order valence-corrected chi connectivity index (χ1v) is 4.25. The molecule has 0 bridgehead atoms. The highest BCUT2D eigenvalue weighted by molar-refractivity contribution is 5.93. The topological polar surface area (TPSA) is 57.3 Å². The summed E-state index contributed by atoms with van der Waals surface area (Å²) in [5.74, 6) is 0.580. The van der Waals surface area contributed by atoms with Crippen molar-refractivity contribution in [1.82, 2.24) is 15.4 Å². The first-order valence-electron chi connectivity index (χ1n) is 4.25. The maximum absolute atomic E-state index is 11.4. The monoisotopic (exact) mass is 194 g/mol. The molecule has 5 nitrogen and oxygen atoms in total. The molecule has 0 spiro atoms. The Kier molecular flexibility index (Phi) is 3.41. The molecule has 0 saturated heterocycles. The first kappa shape index (κ1) is 10.5. The molecule has 5 heteroatoms. The van der Waals surface area contributed by atoms with Crippen LogP contribution in [0, 0.1) is 0 Å². The van der Waals surface area contributed by atoms with Crippen molar-refractivity contribution in [3.05, 3.63) is 23.9 Å². The number of hydrogen-bond donors (Lipinski definition) is 2. The van der Waals surface area contributed by atoms with Gasteiger partial charge >= 0.3 is 0 Å². The Bertz CT molecular complexity index is 307. The largest absolute Gasteiger partial charge is 0.373 e. The zero-order valence-corrected chi connectivity index (χ0v) is 8.53. The molecular weight excluding hydrogens is 180 g/mol. The number of aromatic nitrogens is 1. The molecule has 0 fully saturated rings. The molecule has 1 heterocycles. The van der Waals surface area contributed by atoms with Crippen LogP contribution in [0.15, 0.2) is 18.3 Å². The molecule has 0 aliphatic rings. The van der Waals surface area contributed by atoms with Crippen molar-refractivity contribution >= 4 is 11.7 Å². The normalized spacial score (nSPS) is 10.0. The van der Waals surface area contributed by atoms with Gasteiger partial charge in [0.15, 0.2) is 0 Å². The molecule has 0 aromatic carbocycles. The van der Waals surface area contributed by atoms with Crippen LogP contribution in [-0.4, -0.2) is 37.0 Å². The van der Waals surface area contributed by atoms with Crippen molar-refractivity contribution in [3.63, 3.8) is 0 Å². The van der Waals surface area contributed by atoms with Gasteiger partial charge in [-0.15, -0.1) is 0 Å². The summed E-state index contributed by atoms with van der Waals surface area (Å²) in [6, 6.07) is 3.47. The van der Waals surface area contributed by atoms with Crippen molar-refractivity contribution in [3.8, 4) is 0 Å². The summed E-state index contributed by atoms with van der Waals surface area (Å²) >= 11 is 0. The Morgan fingerprint density at radius 2 is 2.14 bits per heavy atom. The smallest absolute Gasteiger partial charge is 0.267 e. The van der Waals surface area contributed by atoms with Crippen molar-refractivity contribution in [2.75, 3.05) is 26.5 Å². The van der Waals surface area contributed by atoms with E-state index in [-0.39, 0.29) is 5.91 Å². The lowest BCUT2D eigenvalue weighted by Crippen LogP contribution is -2.36. The Morgan fingerprint density at radius 1 is 1.43 bits per heavy atom. The van der Waals surface area contributed by atoms with E-state index in [1.165, 1.54) is 6.20 Å². The predicted molar refractivity (Wildman–Crippen MR) is 54.9 cm³/mol. The maximum Gasteiger partial charge on any atom is 0.267 e. The van der Waals surface area contributed by atoms with E-state index in [9.17, 15) is 4.79 Å². The van der Waals surface area contributed by atoms with Crippen LogP contribution in [0.1, 0.15) is 10.4 Å². The Hall–Kier alpha value is -1.62. The van der Waals surface area contributed by atoms with Gasteiger partial charge in [-0.1, -0.05) is 0 Å². The lowest BCUT2D eigenvalue weighted by atomic mass is 10.3. The minimum Gasteiger partial charge on any atom is -0.373 e. The highest BCUT2D eigenvalue weighted by Gasteiger charge is 2.05. The van der Waals surface area contributed by atoms with E-state index in [4.69, 9.17) is 0 Å². The van der Waals surface area contributed by atoms with Crippen molar-refractivity contribution < 1.29 is 4.79 Å². The third-order valence-electron chi connectivity index (χ3n) is 1.61. The molecule has 1 amide bonds. The number of nitrogens with zero attached hydrogens (tertiary/aromatic N) is 2. The molecule has 0 aliphatic carbocycles. The molecule has 0 unspecified atom stereocenters. The summed E-state index contributed by atoms with van der Waals surface area (Å²) in [6.45, 7) is 0. The summed E-state index contributed by atoms with van der Waals surface area (Å²) in [5.41, 5.74) is 3.17. The van der Waals surface area contributed by atoms with Gasteiger partial charge in [-0.25, -0.2) is 9.99 Å². The van der Waals surface area contributed by atoms with Gasteiger partial charge in [0.25, 0.3) is 5.91 Å². The molecular formula is C9H14N4O. The SMILES string of the molecule is CNc1ccc(C(=O)NN(C)C)cn1. The van der Waals surface area contributed by atoms with E-state index in [2.05, 4.69) is 15.7 Å². The fourth-order valence-electron chi connectivity index (χ4n) is 0.944. The average molecular weight is 194 g/mol. The number of hydrazine groups is 1. The third kappa shape index (κ3) is 2.70. The Labute approximate surface area is 83.1 Å². The molecule has 2 N–H and O–H groups in total. The van der Waals surface area contributed by atoms with Crippen LogP contribution in [0.3, 0.4) is 0 Å². The number of carbonyl (C=O) groups is 1. The van der Waals surface area contributed by atoms with E-state index in [1.54, 1.807) is 38.3 Å². The molecule has 76 valence electrons. The second-order valence-electron chi connectivity index (χ2n) is 3.02. The highest BCUT2D eigenvalue weighted by atomic mass is 16.2. The summed E-state index contributed by atoms with van der Waals surface area (Å²) < 4.78 is 0. The Balaban J connectivity index is 2.71. The third-order valence-corrected chi connectivity index (χ3v) is 1.61. The van der Waals surface area contributed by atoms with Crippen molar-refractivity contribution in [2.24, 2.45) is 0 Å². The molecule has 0 saturated carbocycles. The number of amides is 1. The molecule has 0 aliphatic heterocycles. The van der Waals surface area contributed by atoms with E-state index in [0.29, 0.717) is 5.56 Å². The van der Waals surface area contributed by atoms with Crippen LogP contribution in [-0.2, 0) is 0 Å². The van der Waals surface area contributed by atoms with E-state index >= 15 is 0 Å². The zero-order valence-electron chi connectivity index (χ0n) is 8.53. The maximum atomic E-state index is 11.4. The summed E-state index contributed by atoms with van der Waals surface area (Å²) in [4.78, 5) is 15.5. The van der Waals surface area contributed by atoms with Gasteiger partial charge < -0.3 is 5.32 Å². The minimum absolute atomic E-state index is 0.162. The van der Waals surface area contributed by atoms with Crippen LogP contribution < -0.4 is 10.7 Å². The van der Waals surface area contributed by atoms with Gasteiger partial charge in [0.2, 0.25) is 0 Å². The van der Waals surface area contributed by atoms with Crippen molar-refractivity contribution in [2.45, 2.75) is 0 Å². The molecule has 0 radical (unpaired) electrons. The standard InChI is InChI=1S/C9H14N4O/c1-10-8-5-4-7(6-11-8)9(14)12-13(2)3/h4-6H,1-3H3,(H,10,11)(H,12,14). The van der Waals surface area contributed by atoms with Crippen molar-refractivity contribution in [1.29, 1.82) is 0 Å². The van der Waals surface area contributed by atoms with Gasteiger partial charge in [-0.05, 0) is 12.1 Å². The van der Waals surface area contributed by atoms with Crippen LogP contribution in [0.5, 0.6) is 0 Å². The summed E-state index contributed by atoms with van der Waals surface area (Å²) in [5, 5.41) is 4.47. The average Bonchev–Trinajstić information content (AvgIpc) is 2.17. The Morgan fingerprint density at radius 3 is 2.57 bits per heavy atom. The number of nitrogens with one attached hydrogen (secondary N) is 2. The first-order chi connectivity index (χ1) is 6.63. The van der Waals surface area contributed by atoms with Crippen LogP contribution in [0.25, 0.3) is 0 Å². The van der Waals surface area contributed by atoms with Gasteiger partial charge in [-0.2, -0.15) is 0 Å². The van der Waals surface area contributed by atoms with E-state index in [0.717, 1.165) is 5.82 Å². The summed E-state index contributed by atoms with van der Waals surface area (Å²) in [7, 11) is 5.29. The quantitative estimate of drug-likeness (QED) is 0.681. The fraction of sp³-hybridized carbons (Fsp3) is 0.333. The summed E-state index contributed by atoms with van der Waals surface area (Å²) in [6.07, 6.45) is 1.53.